The van der Waals surface area contributed by atoms with Crippen LogP contribution in [0, 0.1) is 5.41 Å². The number of carbonyl (C=O) groups is 1. The number of hydrogen-bond acceptors (Lipinski definition) is 4. The molecule has 1 aromatic rings. The smallest absolute Gasteiger partial charge is 0.311 e. The third-order valence-corrected chi connectivity index (χ3v) is 5.61. The second-order valence-electron chi connectivity index (χ2n) is 7.07. The number of rotatable bonds is 6. The highest BCUT2D eigenvalue weighted by Crippen LogP contribution is 2.48. The van der Waals surface area contributed by atoms with Gasteiger partial charge in [-0.2, -0.15) is 0 Å². The first kappa shape index (κ1) is 17.4. The molecule has 3 rings (SSSR count). The number of unbranched alkanes of at least 4 members (excludes halogenated alkanes) is 1. The van der Waals surface area contributed by atoms with Gasteiger partial charge in [0.15, 0.2) is 5.79 Å². The van der Waals surface area contributed by atoms with E-state index in [0.717, 1.165) is 51.4 Å². The van der Waals surface area contributed by atoms with Gasteiger partial charge in [0.25, 0.3) is 0 Å². The summed E-state index contributed by atoms with van der Waals surface area (Å²) in [6.45, 7) is 1.34. The van der Waals surface area contributed by atoms with E-state index in [1.807, 2.05) is 6.07 Å². The Hall–Kier alpha value is -1.39. The van der Waals surface area contributed by atoms with Crippen LogP contribution >= 0.6 is 0 Å². The summed E-state index contributed by atoms with van der Waals surface area (Å²) in [5.74, 6) is -0.489. The summed E-state index contributed by atoms with van der Waals surface area (Å²) >= 11 is 0. The lowest BCUT2D eigenvalue weighted by Gasteiger charge is -2.41. The summed E-state index contributed by atoms with van der Waals surface area (Å²) in [5, 5.41) is 0. The SMILES string of the molecule is COC(=O)C1(CCCCc2ccccc2)CCC2(CC1)OCCO2. The molecule has 0 radical (unpaired) electrons. The molecule has 1 spiro atoms. The van der Waals surface area contributed by atoms with Crippen molar-refractivity contribution in [3.05, 3.63) is 35.9 Å². The van der Waals surface area contributed by atoms with Gasteiger partial charge in [-0.1, -0.05) is 36.8 Å². The third kappa shape index (κ3) is 3.81. The highest BCUT2D eigenvalue weighted by Gasteiger charge is 2.49. The van der Waals surface area contributed by atoms with E-state index in [2.05, 4.69) is 24.3 Å². The molecule has 0 atom stereocenters. The molecule has 2 aliphatic rings. The number of ether oxygens (including phenoxy) is 3. The maximum absolute atomic E-state index is 12.5. The lowest BCUT2D eigenvalue weighted by molar-refractivity contribution is -0.199. The van der Waals surface area contributed by atoms with Crippen LogP contribution in [0.1, 0.15) is 50.5 Å². The largest absolute Gasteiger partial charge is 0.469 e. The molecule has 1 saturated carbocycles. The second kappa shape index (κ2) is 7.66. The molecule has 24 heavy (non-hydrogen) atoms. The van der Waals surface area contributed by atoms with Gasteiger partial charge in [0, 0.05) is 12.8 Å². The quantitative estimate of drug-likeness (QED) is 0.586. The van der Waals surface area contributed by atoms with Crippen molar-refractivity contribution in [1.29, 1.82) is 0 Å². The van der Waals surface area contributed by atoms with E-state index in [9.17, 15) is 4.79 Å². The Morgan fingerprint density at radius 3 is 2.33 bits per heavy atom. The number of benzene rings is 1. The molecule has 1 aromatic carbocycles. The normalized spacial score (nSPS) is 21.7. The molecule has 1 saturated heterocycles. The van der Waals surface area contributed by atoms with Gasteiger partial charge in [-0.25, -0.2) is 0 Å². The highest BCUT2D eigenvalue weighted by atomic mass is 16.7. The Kier molecular flexibility index (Phi) is 5.57. The standard InChI is InChI=1S/C20H28O4/c1-22-18(21)19(10-6-5-9-17-7-3-2-4-8-17)11-13-20(14-12-19)23-15-16-24-20/h2-4,7-8H,5-6,9-16H2,1H3. The lowest BCUT2D eigenvalue weighted by atomic mass is 9.69. The maximum Gasteiger partial charge on any atom is 0.311 e. The van der Waals surface area contributed by atoms with Gasteiger partial charge in [-0.15, -0.1) is 0 Å². The fourth-order valence-corrected chi connectivity index (χ4v) is 4.11. The van der Waals surface area contributed by atoms with E-state index in [0.29, 0.717) is 13.2 Å². The maximum atomic E-state index is 12.5. The summed E-state index contributed by atoms with van der Waals surface area (Å²) in [4.78, 5) is 12.5. The van der Waals surface area contributed by atoms with E-state index in [4.69, 9.17) is 14.2 Å². The average molecular weight is 332 g/mol. The highest BCUT2D eigenvalue weighted by molar-refractivity contribution is 5.76. The van der Waals surface area contributed by atoms with Crippen LogP contribution in [0.4, 0.5) is 0 Å². The van der Waals surface area contributed by atoms with Gasteiger partial charge in [0.2, 0.25) is 0 Å². The number of aryl methyl sites for hydroxylation is 1. The van der Waals surface area contributed by atoms with E-state index >= 15 is 0 Å². The fraction of sp³-hybridized carbons (Fsp3) is 0.650. The van der Waals surface area contributed by atoms with Gasteiger partial charge in [-0.3, -0.25) is 4.79 Å². The molecule has 4 nitrogen and oxygen atoms in total. The van der Waals surface area contributed by atoms with Crippen molar-refractivity contribution < 1.29 is 19.0 Å². The number of hydrogen-bond donors (Lipinski definition) is 0. The molecule has 1 aliphatic carbocycles. The van der Waals surface area contributed by atoms with Crippen LogP contribution in [0.3, 0.4) is 0 Å². The van der Waals surface area contributed by atoms with Crippen molar-refractivity contribution in [2.24, 2.45) is 5.41 Å². The van der Waals surface area contributed by atoms with Crippen molar-refractivity contribution in [1.82, 2.24) is 0 Å². The molecule has 0 N–H and O–H groups in total. The van der Waals surface area contributed by atoms with Crippen molar-refractivity contribution in [2.45, 2.75) is 57.2 Å². The van der Waals surface area contributed by atoms with Crippen molar-refractivity contribution in [3.8, 4) is 0 Å². The van der Waals surface area contributed by atoms with Crippen LogP contribution in [-0.4, -0.2) is 32.1 Å². The number of carbonyl (C=O) groups excluding carboxylic acids is 1. The summed E-state index contributed by atoms with van der Waals surface area (Å²) < 4.78 is 16.7. The Morgan fingerprint density at radius 1 is 1.04 bits per heavy atom. The van der Waals surface area contributed by atoms with Crippen LogP contribution < -0.4 is 0 Å². The molecule has 0 unspecified atom stereocenters. The molecule has 0 aromatic heterocycles. The monoisotopic (exact) mass is 332 g/mol. The molecule has 1 heterocycles. The minimum atomic E-state index is -0.429. The van der Waals surface area contributed by atoms with Gasteiger partial charge in [0.05, 0.1) is 25.7 Å². The van der Waals surface area contributed by atoms with Gasteiger partial charge >= 0.3 is 5.97 Å². The fourth-order valence-electron chi connectivity index (χ4n) is 4.11. The van der Waals surface area contributed by atoms with Crippen molar-refractivity contribution in [3.63, 3.8) is 0 Å². The Morgan fingerprint density at radius 2 is 1.71 bits per heavy atom. The van der Waals surface area contributed by atoms with E-state index in [1.54, 1.807) is 0 Å². The molecule has 2 fully saturated rings. The molecular weight excluding hydrogens is 304 g/mol. The minimum absolute atomic E-state index is 0.0601. The number of esters is 1. The first-order valence-electron chi connectivity index (χ1n) is 9.08. The zero-order chi connectivity index (χ0) is 16.9. The Bertz CT molecular complexity index is 524. The van der Waals surface area contributed by atoms with Crippen LogP contribution in [0.15, 0.2) is 30.3 Å². The van der Waals surface area contributed by atoms with Crippen LogP contribution in [0.5, 0.6) is 0 Å². The minimum Gasteiger partial charge on any atom is -0.469 e. The second-order valence-corrected chi connectivity index (χ2v) is 7.07. The Balaban J connectivity index is 1.53. The summed E-state index contributed by atoms with van der Waals surface area (Å²) in [6, 6.07) is 10.5. The third-order valence-electron chi connectivity index (χ3n) is 5.61. The summed E-state index contributed by atoms with van der Waals surface area (Å²) in [5.41, 5.74) is 1.01. The first-order chi connectivity index (χ1) is 11.7. The molecular formula is C20H28O4. The van der Waals surface area contributed by atoms with Gasteiger partial charge in [0.1, 0.15) is 0 Å². The topological polar surface area (TPSA) is 44.8 Å². The van der Waals surface area contributed by atoms with E-state index in [-0.39, 0.29) is 11.4 Å². The van der Waals surface area contributed by atoms with Crippen LogP contribution in [0.25, 0.3) is 0 Å². The van der Waals surface area contributed by atoms with Gasteiger partial charge < -0.3 is 14.2 Å². The van der Waals surface area contributed by atoms with Gasteiger partial charge in [-0.05, 0) is 37.7 Å². The van der Waals surface area contributed by atoms with E-state index in [1.165, 1.54) is 12.7 Å². The predicted molar refractivity (Wildman–Crippen MR) is 91.5 cm³/mol. The zero-order valence-electron chi connectivity index (χ0n) is 14.6. The number of methoxy groups -OCH3 is 1. The van der Waals surface area contributed by atoms with Crippen LogP contribution in [-0.2, 0) is 25.4 Å². The molecule has 0 bridgehead atoms. The van der Waals surface area contributed by atoms with Crippen molar-refractivity contribution >= 4 is 5.97 Å². The average Bonchev–Trinajstić information content (AvgIpc) is 3.09. The lowest BCUT2D eigenvalue weighted by Crippen LogP contribution is -2.44. The van der Waals surface area contributed by atoms with E-state index < -0.39 is 5.79 Å². The first-order valence-corrected chi connectivity index (χ1v) is 9.08. The molecule has 132 valence electrons. The summed E-state index contributed by atoms with van der Waals surface area (Å²) in [7, 11) is 1.50. The van der Waals surface area contributed by atoms with Crippen molar-refractivity contribution in [2.75, 3.05) is 20.3 Å². The zero-order valence-corrected chi connectivity index (χ0v) is 14.6. The molecule has 4 heteroatoms. The molecule has 0 amide bonds. The molecule has 1 aliphatic heterocycles. The predicted octanol–water partition coefficient (Wildman–Crippen LogP) is 3.88. The van der Waals surface area contributed by atoms with Crippen LogP contribution in [0.2, 0.25) is 0 Å². The summed E-state index contributed by atoms with van der Waals surface area (Å²) in [6.07, 6.45) is 7.27. The Labute approximate surface area is 144 Å².